The van der Waals surface area contributed by atoms with Crippen LogP contribution in [0.25, 0.3) is 0 Å². The van der Waals surface area contributed by atoms with Crippen LogP contribution >= 0.6 is 0 Å². The van der Waals surface area contributed by atoms with Crippen LogP contribution < -0.4 is 0 Å². The Morgan fingerprint density at radius 3 is 2.22 bits per heavy atom. The van der Waals surface area contributed by atoms with Gasteiger partial charge in [-0.2, -0.15) is 0 Å². The zero-order valence-corrected chi connectivity index (χ0v) is 23.3. The maximum absolute atomic E-state index is 14.2. The molecule has 7 heteroatoms. The Morgan fingerprint density at radius 1 is 1.05 bits per heavy atom. The molecule has 0 spiro atoms. The maximum atomic E-state index is 14.2. The maximum Gasteiger partial charge on any atom is 0.206 e. The van der Waals surface area contributed by atoms with Crippen LogP contribution in [0.4, 0.5) is 0 Å². The van der Waals surface area contributed by atoms with Gasteiger partial charge in [-0.3, -0.25) is 14.4 Å². The molecule has 0 aromatic heterocycles. The lowest BCUT2D eigenvalue weighted by Crippen LogP contribution is -2.64. The number of allylic oxidation sites excluding steroid dienone is 4. The molecule has 2 fully saturated rings. The fourth-order valence-electron chi connectivity index (χ4n) is 8.58. The predicted octanol–water partition coefficient (Wildman–Crippen LogP) is 3.62. The highest BCUT2D eigenvalue weighted by atomic mass is 16.3. The van der Waals surface area contributed by atoms with E-state index in [1.165, 1.54) is 32.9 Å². The lowest BCUT2D eigenvalue weighted by Gasteiger charge is -2.63. The van der Waals surface area contributed by atoms with E-state index in [4.69, 9.17) is 0 Å². The first-order chi connectivity index (χ1) is 16.7. The zero-order valence-electron chi connectivity index (χ0n) is 23.3. The molecule has 4 rings (SSSR count). The molecule has 8 atom stereocenters. The number of Topliss-reactive ketones (excluding diaryl/α,β-unsaturated/α-hetero) is 2. The topological polar surface area (TPSA) is 132 Å². The number of ketones is 3. The lowest BCUT2D eigenvalue weighted by atomic mass is 9.39. The summed E-state index contributed by atoms with van der Waals surface area (Å²) < 4.78 is 0. The van der Waals surface area contributed by atoms with Gasteiger partial charge in [-0.1, -0.05) is 38.5 Å². The standard InChI is InChI=1S/C30H42O7/c1-25(2,36)12-11-21(33)30(8,37)23-19(32)14-27(5)20-10-9-16-17(13-18(31)24(35)26(16,3)4)29(20,7)22(34)15-28(23,27)6/h9,11-13,17,19-20,23,31-32,36-37H,10,14-15H2,1-8H3/b12-11+/t17-,19-,20+,23+,27+,28-,29+,30+/m0/s1. The van der Waals surface area contributed by atoms with Crippen molar-refractivity contribution in [3.05, 3.63) is 35.6 Å². The van der Waals surface area contributed by atoms with Gasteiger partial charge in [-0.05, 0) is 76.4 Å². The van der Waals surface area contributed by atoms with Gasteiger partial charge in [-0.15, -0.1) is 0 Å². The fraction of sp³-hybridized carbons (Fsp3) is 0.700. The smallest absolute Gasteiger partial charge is 0.206 e. The Hall–Kier alpha value is -2.09. The summed E-state index contributed by atoms with van der Waals surface area (Å²) in [6.07, 6.45) is 5.85. The molecule has 4 aliphatic carbocycles. The van der Waals surface area contributed by atoms with E-state index in [0.29, 0.717) is 12.8 Å². The van der Waals surface area contributed by atoms with Crippen LogP contribution in [-0.4, -0.2) is 55.1 Å². The van der Waals surface area contributed by atoms with Gasteiger partial charge >= 0.3 is 0 Å². The van der Waals surface area contributed by atoms with E-state index < -0.39 is 56.6 Å². The van der Waals surface area contributed by atoms with Gasteiger partial charge in [-0.25, -0.2) is 0 Å². The van der Waals surface area contributed by atoms with Crippen molar-refractivity contribution in [3.63, 3.8) is 0 Å². The normalized spacial score (nSPS) is 42.9. The molecule has 0 amide bonds. The van der Waals surface area contributed by atoms with Crippen LogP contribution in [0, 0.1) is 39.4 Å². The summed E-state index contributed by atoms with van der Waals surface area (Å²) in [6.45, 7) is 13.8. The number of rotatable bonds is 4. The van der Waals surface area contributed by atoms with Crippen molar-refractivity contribution in [2.24, 2.45) is 39.4 Å². The number of carbonyl (C=O) groups excluding carboxylic acids is 3. The largest absolute Gasteiger partial charge is 0.505 e. The van der Waals surface area contributed by atoms with Crippen molar-refractivity contribution in [1.82, 2.24) is 0 Å². The van der Waals surface area contributed by atoms with Gasteiger partial charge in [0, 0.05) is 23.7 Å². The Bertz CT molecular complexity index is 1150. The first kappa shape index (κ1) is 27.9. The van der Waals surface area contributed by atoms with Gasteiger partial charge in [0.2, 0.25) is 5.78 Å². The van der Waals surface area contributed by atoms with Crippen molar-refractivity contribution < 1.29 is 34.8 Å². The number of fused-ring (bicyclic) bond motifs is 5. The van der Waals surface area contributed by atoms with Crippen LogP contribution in [-0.2, 0) is 14.4 Å². The molecule has 0 radical (unpaired) electrons. The molecule has 0 saturated heterocycles. The Morgan fingerprint density at radius 2 is 1.65 bits per heavy atom. The van der Waals surface area contributed by atoms with E-state index in [-0.39, 0.29) is 29.7 Å². The summed E-state index contributed by atoms with van der Waals surface area (Å²) in [5.74, 6) is -2.98. The second-order valence-corrected chi connectivity index (χ2v) is 13.9. The van der Waals surface area contributed by atoms with Crippen molar-refractivity contribution in [3.8, 4) is 0 Å². The average Bonchev–Trinajstić information content (AvgIpc) is 2.96. The third-order valence-electron chi connectivity index (χ3n) is 10.8. The first-order valence-corrected chi connectivity index (χ1v) is 13.2. The van der Waals surface area contributed by atoms with Gasteiger partial charge in [0.15, 0.2) is 11.5 Å². The van der Waals surface area contributed by atoms with E-state index in [1.807, 2.05) is 26.8 Å². The third-order valence-corrected chi connectivity index (χ3v) is 10.8. The van der Waals surface area contributed by atoms with Crippen LogP contribution in [0.15, 0.2) is 35.6 Å². The van der Waals surface area contributed by atoms with E-state index in [0.717, 1.165) is 11.6 Å². The van der Waals surface area contributed by atoms with E-state index in [2.05, 4.69) is 0 Å². The summed E-state index contributed by atoms with van der Waals surface area (Å²) in [4.78, 5) is 40.1. The van der Waals surface area contributed by atoms with Gasteiger partial charge in [0.25, 0.3) is 0 Å². The average molecular weight is 515 g/mol. The van der Waals surface area contributed by atoms with Gasteiger partial charge < -0.3 is 20.4 Å². The first-order valence-electron chi connectivity index (χ1n) is 13.2. The molecule has 4 N–H and O–H groups in total. The lowest BCUT2D eigenvalue weighted by molar-refractivity contribution is -0.179. The fourth-order valence-corrected chi connectivity index (χ4v) is 8.58. The van der Waals surface area contributed by atoms with Crippen LogP contribution in [0.2, 0.25) is 0 Å². The molecule has 7 nitrogen and oxygen atoms in total. The molecule has 204 valence electrons. The van der Waals surface area contributed by atoms with Crippen molar-refractivity contribution in [2.75, 3.05) is 0 Å². The molecule has 0 aromatic carbocycles. The number of hydrogen-bond acceptors (Lipinski definition) is 7. The van der Waals surface area contributed by atoms with E-state index in [1.54, 1.807) is 13.8 Å². The highest BCUT2D eigenvalue weighted by molar-refractivity contribution is 6.02. The number of aliphatic hydroxyl groups excluding tert-OH is 2. The van der Waals surface area contributed by atoms with Crippen molar-refractivity contribution >= 4 is 17.3 Å². The molecule has 4 aliphatic rings. The van der Waals surface area contributed by atoms with Gasteiger partial charge in [0.1, 0.15) is 11.4 Å². The number of carbonyl (C=O) groups is 3. The molecule has 0 unspecified atom stereocenters. The number of aliphatic hydroxyl groups is 4. The minimum absolute atomic E-state index is 0.0453. The minimum Gasteiger partial charge on any atom is -0.505 e. The summed E-state index contributed by atoms with van der Waals surface area (Å²) in [5, 5.41) is 43.6. The molecule has 2 saturated carbocycles. The minimum atomic E-state index is -1.96. The molecular formula is C30H42O7. The summed E-state index contributed by atoms with van der Waals surface area (Å²) in [7, 11) is 0. The second kappa shape index (κ2) is 7.96. The molecule has 37 heavy (non-hydrogen) atoms. The molecule has 0 heterocycles. The van der Waals surface area contributed by atoms with Crippen LogP contribution in [0.5, 0.6) is 0 Å². The van der Waals surface area contributed by atoms with Gasteiger partial charge in [0.05, 0.1) is 17.1 Å². The SMILES string of the molecule is CC(C)(O)/C=C/C(=O)[C@@](C)(O)[C@@H]1[C@@H](O)C[C@]2(C)[C@H]3CC=C4[C@H](C=C(O)C(=O)C4(C)C)[C@@]3(C)C(=O)C[C@@]12C. The molecular weight excluding hydrogens is 472 g/mol. The highest BCUT2D eigenvalue weighted by Crippen LogP contribution is 2.73. The predicted molar refractivity (Wildman–Crippen MR) is 138 cm³/mol. The third kappa shape index (κ3) is 3.60. The summed E-state index contributed by atoms with van der Waals surface area (Å²) in [6, 6.07) is 0. The quantitative estimate of drug-likeness (QED) is 0.333. The number of hydrogen-bond donors (Lipinski definition) is 4. The van der Waals surface area contributed by atoms with Crippen molar-refractivity contribution in [1.29, 1.82) is 0 Å². The molecule has 0 aromatic rings. The summed E-state index contributed by atoms with van der Waals surface area (Å²) >= 11 is 0. The Labute approximate surface area is 219 Å². The monoisotopic (exact) mass is 514 g/mol. The van der Waals surface area contributed by atoms with E-state index >= 15 is 0 Å². The van der Waals surface area contributed by atoms with Crippen LogP contribution in [0.3, 0.4) is 0 Å². The van der Waals surface area contributed by atoms with Crippen LogP contribution in [0.1, 0.15) is 74.7 Å². The van der Waals surface area contributed by atoms with Crippen molar-refractivity contribution in [2.45, 2.75) is 92.0 Å². The highest BCUT2D eigenvalue weighted by Gasteiger charge is 2.74. The Balaban J connectivity index is 1.82. The van der Waals surface area contributed by atoms with E-state index in [9.17, 15) is 34.8 Å². The molecule has 0 aliphatic heterocycles. The second-order valence-electron chi connectivity index (χ2n) is 13.9. The zero-order chi connectivity index (χ0) is 28.1. The summed E-state index contributed by atoms with van der Waals surface area (Å²) in [5.41, 5.74) is -5.75. The molecule has 0 bridgehead atoms. The Kier molecular flexibility index (Phi) is 6.01.